The number of nitrogens with one attached hydrogen (secondary N) is 2. The van der Waals surface area contributed by atoms with Gasteiger partial charge in [-0.2, -0.15) is 5.26 Å². The highest BCUT2D eigenvalue weighted by atomic mass is 32.2. The van der Waals surface area contributed by atoms with Gasteiger partial charge in [0.25, 0.3) is 11.5 Å². The molecule has 0 fully saturated rings. The first-order valence-corrected chi connectivity index (χ1v) is 9.96. The van der Waals surface area contributed by atoms with Crippen molar-refractivity contribution >= 4 is 17.7 Å². The molecule has 3 rings (SSSR count). The van der Waals surface area contributed by atoms with Crippen LogP contribution in [0.2, 0.25) is 0 Å². The SMILES string of the molecule is CSc1nc(-c2ccccc2OCC(=O)NCc2ccccc2)c(C#N)c(=O)[nH]1. The number of para-hydroxylation sites is 1. The Bertz CT molecular complexity index is 1110. The number of amides is 1. The van der Waals surface area contributed by atoms with E-state index in [1.807, 2.05) is 36.4 Å². The molecule has 0 aliphatic carbocycles. The van der Waals surface area contributed by atoms with Gasteiger partial charge in [0.15, 0.2) is 11.8 Å². The first-order valence-electron chi connectivity index (χ1n) is 8.73. The highest BCUT2D eigenvalue weighted by molar-refractivity contribution is 7.98. The molecule has 8 heteroatoms. The van der Waals surface area contributed by atoms with Crippen molar-refractivity contribution in [2.75, 3.05) is 12.9 Å². The summed E-state index contributed by atoms with van der Waals surface area (Å²) in [5, 5.41) is 12.6. The molecule has 0 atom stereocenters. The second kappa shape index (κ2) is 9.57. The van der Waals surface area contributed by atoms with Gasteiger partial charge < -0.3 is 15.0 Å². The Morgan fingerprint density at radius 1 is 1.21 bits per heavy atom. The number of nitrogens with zero attached hydrogens (tertiary/aromatic N) is 2. The summed E-state index contributed by atoms with van der Waals surface area (Å²) in [6.07, 6.45) is 1.77. The van der Waals surface area contributed by atoms with Crippen molar-refractivity contribution in [3.63, 3.8) is 0 Å². The molecule has 1 heterocycles. The first kappa shape index (κ1) is 20.2. The second-order valence-electron chi connectivity index (χ2n) is 5.96. The molecule has 0 saturated carbocycles. The van der Waals surface area contributed by atoms with Crippen LogP contribution < -0.4 is 15.6 Å². The van der Waals surface area contributed by atoms with Crippen LogP contribution in [-0.4, -0.2) is 28.7 Å². The third kappa shape index (κ3) is 5.03. The number of ether oxygens (including phenoxy) is 1. The van der Waals surface area contributed by atoms with E-state index in [0.29, 0.717) is 23.0 Å². The van der Waals surface area contributed by atoms with Gasteiger partial charge >= 0.3 is 0 Å². The van der Waals surface area contributed by atoms with Gasteiger partial charge in [-0.05, 0) is 24.0 Å². The summed E-state index contributed by atoms with van der Waals surface area (Å²) in [6, 6.07) is 18.3. The fourth-order valence-corrected chi connectivity index (χ4v) is 3.00. The zero-order chi connectivity index (χ0) is 20.6. The summed E-state index contributed by atoms with van der Waals surface area (Å²) in [5.74, 6) is 0.0804. The van der Waals surface area contributed by atoms with E-state index in [2.05, 4.69) is 15.3 Å². The van der Waals surface area contributed by atoms with Gasteiger partial charge in [0.05, 0.1) is 0 Å². The molecule has 29 heavy (non-hydrogen) atoms. The predicted octanol–water partition coefficient (Wildman–Crippen LogP) is 2.73. The molecule has 0 bridgehead atoms. The molecule has 0 radical (unpaired) electrons. The maximum atomic E-state index is 12.2. The summed E-state index contributed by atoms with van der Waals surface area (Å²) in [4.78, 5) is 31.3. The van der Waals surface area contributed by atoms with Crippen LogP contribution in [0.15, 0.2) is 64.5 Å². The lowest BCUT2D eigenvalue weighted by Gasteiger charge is -2.12. The van der Waals surface area contributed by atoms with Crippen molar-refractivity contribution in [1.82, 2.24) is 15.3 Å². The minimum atomic E-state index is -0.516. The molecular weight excluding hydrogens is 388 g/mol. The number of thioether (sulfide) groups is 1. The largest absolute Gasteiger partial charge is 0.483 e. The molecule has 2 N–H and O–H groups in total. The van der Waals surface area contributed by atoms with Crippen LogP contribution in [0, 0.1) is 11.3 Å². The Morgan fingerprint density at radius 3 is 2.66 bits per heavy atom. The van der Waals surface area contributed by atoms with E-state index in [1.54, 1.807) is 30.5 Å². The van der Waals surface area contributed by atoms with Crippen molar-refractivity contribution in [1.29, 1.82) is 5.26 Å². The van der Waals surface area contributed by atoms with Crippen molar-refractivity contribution < 1.29 is 9.53 Å². The third-order valence-corrected chi connectivity index (χ3v) is 4.62. The maximum Gasteiger partial charge on any atom is 0.270 e. The van der Waals surface area contributed by atoms with Crippen LogP contribution in [-0.2, 0) is 11.3 Å². The highest BCUT2D eigenvalue weighted by Crippen LogP contribution is 2.30. The van der Waals surface area contributed by atoms with Crippen LogP contribution in [0.4, 0.5) is 0 Å². The van der Waals surface area contributed by atoms with Gasteiger partial charge in [-0.1, -0.05) is 54.2 Å². The molecule has 0 saturated heterocycles. The van der Waals surface area contributed by atoms with Crippen molar-refractivity contribution in [2.45, 2.75) is 11.7 Å². The Kier molecular flexibility index (Phi) is 6.66. The lowest BCUT2D eigenvalue weighted by atomic mass is 10.1. The van der Waals surface area contributed by atoms with E-state index >= 15 is 0 Å². The van der Waals surface area contributed by atoms with E-state index in [-0.39, 0.29) is 23.8 Å². The van der Waals surface area contributed by atoms with E-state index in [9.17, 15) is 14.9 Å². The van der Waals surface area contributed by atoms with Crippen LogP contribution >= 0.6 is 11.8 Å². The summed E-state index contributed by atoms with van der Waals surface area (Å²) < 4.78 is 5.67. The second-order valence-corrected chi connectivity index (χ2v) is 6.75. The topological polar surface area (TPSA) is 108 Å². The van der Waals surface area contributed by atoms with Gasteiger partial charge in [0, 0.05) is 12.1 Å². The number of aromatic nitrogens is 2. The van der Waals surface area contributed by atoms with Crippen LogP contribution in [0.5, 0.6) is 5.75 Å². The number of benzene rings is 2. The van der Waals surface area contributed by atoms with E-state index in [0.717, 1.165) is 5.56 Å². The van der Waals surface area contributed by atoms with Crippen LogP contribution in [0.1, 0.15) is 11.1 Å². The minimum Gasteiger partial charge on any atom is -0.483 e. The van der Waals surface area contributed by atoms with Crippen molar-refractivity contribution in [3.05, 3.63) is 76.1 Å². The standard InChI is InChI=1S/C21H18N4O3S/c1-29-21-24-19(16(11-22)20(27)25-21)15-9-5-6-10-17(15)28-13-18(26)23-12-14-7-3-2-4-8-14/h2-10H,12-13H2,1H3,(H,23,26)(H,24,25,27). The average molecular weight is 406 g/mol. The van der Waals surface area contributed by atoms with Gasteiger partial charge in [0.2, 0.25) is 0 Å². The summed E-state index contributed by atoms with van der Waals surface area (Å²) >= 11 is 1.26. The van der Waals surface area contributed by atoms with Crippen molar-refractivity contribution in [3.8, 4) is 23.1 Å². The van der Waals surface area contributed by atoms with E-state index < -0.39 is 5.56 Å². The molecule has 0 unspecified atom stereocenters. The molecule has 146 valence electrons. The Balaban J connectivity index is 1.78. The fraction of sp³-hybridized carbons (Fsp3) is 0.143. The summed E-state index contributed by atoms with van der Waals surface area (Å²) in [7, 11) is 0. The third-order valence-electron chi connectivity index (χ3n) is 4.04. The van der Waals surface area contributed by atoms with E-state index in [4.69, 9.17) is 4.74 Å². The number of H-pyrrole nitrogens is 1. The number of carbonyl (C=O) groups excluding carboxylic acids is 1. The Morgan fingerprint density at radius 2 is 1.93 bits per heavy atom. The number of carbonyl (C=O) groups is 1. The highest BCUT2D eigenvalue weighted by Gasteiger charge is 2.17. The fourth-order valence-electron chi connectivity index (χ4n) is 2.63. The molecular formula is C21H18N4O3S. The molecule has 3 aromatic rings. The minimum absolute atomic E-state index is 0.104. The number of hydrogen-bond acceptors (Lipinski definition) is 6. The number of hydrogen-bond donors (Lipinski definition) is 2. The van der Waals surface area contributed by atoms with Gasteiger partial charge in [-0.15, -0.1) is 0 Å². The summed E-state index contributed by atoms with van der Waals surface area (Å²) in [6.45, 7) is 0.195. The molecule has 0 aliphatic heterocycles. The molecule has 0 spiro atoms. The quantitative estimate of drug-likeness (QED) is 0.461. The smallest absolute Gasteiger partial charge is 0.270 e. The van der Waals surface area contributed by atoms with Crippen molar-refractivity contribution in [2.24, 2.45) is 0 Å². The lowest BCUT2D eigenvalue weighted by Crippen LogP contribution is -2.28. The number of rotatable bonds is 7. The molecule has 2 aromatic carbocycles. The van der Waals surface area contributed by atoms with Gasteiger partial charge in [-0.3, -0.25) is 9.59 Å². The maximum absolute atomic E-state index is 12.2. The Hall–Kier alpha value is -3.57. The monoisotopic (exact) mass is 406 g/mol. The Labute approximate surface area is 171 Å². The number of nitriles is 1. The summed E-state index contributed by atoms with van der Waals surface area (Å²) in [5.41, 5.74) is 1.06. The molecule has 1 amide bonds. The average Bonchev–Trinajstić information content (AvgIpc) is 2.76. The normalized spacial score (nSPS) is 10.2. The van der Waals surface area contributed by atoms with E-state index in [1.165, 1.54) is 11.8 Å². The number of aromatic amines is 1. The zero-order valence-corrected chi connectivity index (χ0v) is 16.5. The van der Waals surface area contributed by atoms with Gasteiger partial charge in [-0.25, -0.2) is 4.98 Å². The molecule has 0 aliphatic rings. The van der Waals surface area contributed by atoms with Crippen LogP contribution in [0.3, 0.4) is 0 Å². The van der Waals surface area contributed by atoms with Gasteiger partial charge in [0.1, 0.15) is 23.1 Å². The van der Waals surface area contributed by atoms with Crippen LogP contribution in [0.25, 0.3) is 11.3 Å². The lowest BCUT2D eigenvalue weighted by molar-refractivity contribution is -0.123. The first-order chi connectivity index (χ1) is 14.1. The zero-order valence-electron chi connectivity index (χ0n) is 15.6. The molecule has 7 nitrogen and oxygen atoms in total. The molecule has 1 aromatic heterocycles. The predicted molar refractivity (Wildman–Crippen MR) is 111 cm³/mol.